The van der Waals surface area contributed by atoms with Crippen molar-refractivity contribution in [1.82, 2.24) is 15.4 Å². The Morgan fingerprint density at radius 3 is 2.30 bits per heavy atom. The summed E-state index contributed by atoms with van der Waals surface area (Å²) >= 11 is 0. The molecule has 2 aromatic rings. The molecule has 0 atom stereocenters. The van der Waals surface area contributed by atoms with Gasteiger partial charge in [0.05, 0.1) is 5.69 Å². The lowest BCUT2D eigenvalue weighted by Gasteiger charge is -2.37. The Morgan fingerprint density at radius 2 is 1.74 bits per heavy atom. The summed E-state index contributed by atoms with van der Waals surface area (Å²) in [6.45, 7) is 11.9. The number of aliphatic imine (C=N–C) groups is 1. The van der Waals surface area contributed by atoms with Gasteiger partial charge in [-0.25, -0.2) is 15.5 Å². The van der Waals surface area contributed by atoms with E-state index in [4.69, 9.17) is 0 Å². The van der Waals surface area contributed by atoms with Crippen LogP contribution in [-0.4, -0.2) is 47.2 Å². The third-order valence-electron chi connectivity index (χ3n) is 4.93. The van der Waals surface area contributed by atoms with E-state index in [9.17, 15) is 5.21 Å². The van der Waals surface area contributed by atoms with Crippen molar-refractivity contribution in [3.8, 4) is 0 Å². The van der Waals surface area contributed by atoms with E-state index in [1.54, 1.807) is 0 Å². The SMILES string of the molecule is Cc1cccnc1N1CCN(C(=Nc2ccc(C(C)(C)C)cc2)NO)CC1. The maximum atomic E-state index is 9.60. The normalized spacial score (nSPS) is 15.8. The van der Waals surface area contributed by atoms with Crippen LogP contribution in [0.15, 0.2) is 47.6 Å². The molecule has 1 aromatic carbocycles. The van der Waals surface area contributed by atoms with E-state index in [-0.39, 0.29) is 5.41 Å². The minimum atomic E-state index is 0.111. The zero-order valence-electron chi connectivity index (χ0n) is 16.6. The molecule has 1 aliphatic rings. The van der Waals surface area contributed by atoms with Crippen molar-refractivity contribution in [2.24, 2.45) is 4.99 Å². The third-order valence-corrected chi connectivity index (χ3v) is 4.93. The molecule has 0 amide bonds. The van der Waals surface area contributed by atoms with Crippen LogP contribution >= 0.6 is 0 Å². The molecule has 0 saturated carbocycles. The molecule has 3 rings (SSSR count). The highest BCUT2D eigenvalue weighted by Crippen LogP contribution is 2.25. The molecule has 0 radical (unpaired) electrons. The smallest absolute Gasteiger partial charge is 0.223 e. The van der Waals surface area contributed by atoms with Gasteiger partial charge in [-0.2, -0.15) is 0 Å². The Kier molecular flexibility index (Phi) is 5.65. The van der Waals surface area contributed by atoms with Crippen LogP contribution < -0.4 is 10.4 Å². The Balaban J connectivity index is 1.68. The molecule has 0 bridgehead atoms. The van der Waals surface area contributed by atoms with Gasteiger partial charge in [0, 0.05) is 32.4 Å². The summed E-state index contributed by atoms with van der Waals surface area (Å²) in [6.07, 6.45) is 1.83. The maximum Gasteiger partial charge on any atom is 0.223 e. The van der Waals surface area contributed by atoms with Gasteiger partial charge in [-0.1, -0.05) is 39.0 Å². The van der Waals surface area contributed by atoms with Crippen LogP contribution in [0, 0.1) is 6.92 Å². The fourth-order valence-corrected chi connectivity index (χ4v) is 3.26. The van der Waals surface area contributed by atoms with Gasteiger partial charge in [0.2, 0.25) is 5.96 Å². The molecule has 1 aromatic heterocycles. The Hall–Kier alpha value is -2.60. The molecule has 1 fully saturated rings. The Morgan fingerprint density at radius 1 is 1.07 bits per heavy atom. The van der Waals surface area contributed by atoms with Crippen LogP contribution in [0.25, 0.3) is 0 Å². The third kappa shape index (κ3) is 4.57. The number of nitrogens with zero attached hydrogens (tertiary/aromatic N) is 4. The zero-order valence-corrected chi connectivity index (χ0v) is 16.6. The highest BCUT2D eigenvalue weighted by atomic mass is 16.5. The molecular weight excluding hydrogens is 338 g/mol. The van der Waals surface area contributed by atoms with Crippen LogP contribution in [-0.2, 0) is 5.41 Å². The highest BCUT2D eigenvalue weighted by molar-refractivity contribution is 5.82. The molecule has 2 heterocycles. The van der Waals surface area contributed by atoms with E-state index >= 15 is 0 Å². The summed E-state index contributed by atoms with van der Waals surface area (Å²) in [6, 6.07) is 12.2. The van der Waals surface area contributed by atoms with Crippen LogP contribution in [0.1, 0.15) is 31.9 Å². The van der Waals surface area contributed by atoms with Crippen molar-refractivity contribution in [1.29, 1.82) is 0 Å². The fraction of sp³-hybridized carbons (Fsp3) is 0.429. The van der Waals surface area contributed by atoms with Gasteiger partial charge in [-0.3, -0.25) is 5.21 Å². The largest absolute Gasteiger partial charge is 0.353 e. The van der Waals surface area contributed by atoms with Gasteiger partial charge in [0.15, 0.2) is 0 Å². The number of nitrogens with one attached hydrogen (secondary N) is 1. The first-order valence-electron chi connectivity index (χ1n) is 9.39. The van der Waals surface area contributed by atoms with E-state index in [0.29, 0.717) is 5.96 Å². The lowest BCUT2D eigenvalue weighted by Crippen LogP contribution is -2.52. The van der Waals surface area contributed by atoms with E-state index in [0.717, 1.165) is 37.7 Å². The van der Waals surface area contributed by atoms with Crippen molar-refractivity contribution >= 4 is 17.5 Å². The minimum absolute atomic E-state index is 0.111. The van der Waals surface area contributed by atoms with Gasteiger partial charge in [-0.15, -0.1) is 0 Å². The maximum absolute atomic E-state index is 9.60. The van der Waals surface area contributed by atoms with Crippen molar-refractivity contribution in [3.05, 3.63) is 53.7 Å². The molecule has 0 unspecified atom stereocenters. The monoisotopic (exact) mass is 367 g/mol. The van der Waals surface area contributed by atoms with E-state index < -0.39 is 0 Å². The first-order valence-corrected chi connectivity index (χ1v) is 9.39. The van der Waals surface area contributed by atoms with Crippen molar-refractivity contribution in [3.63, 3.8) is 0 Å². The predicted molar refractivity (Wildman–Crippen MR) is 110 cm³/mol. The minimum Gasteiger partial charge on any atom is -0.353 e. The number of pyridine rings is 1. The molecule has 0 spiro atoms. The predicted octanol–water partition coefficient (Wildman–Crippen LogP) is 3.48. The Bertz CT molecular complexity index is 787. The summed E-state index contributed by atoms with van der Waals surface area (Å²) < 4.78 is 0. The second-order valence-corrected chi connectivity index (χ2v) is 7.96. The second kappa shape index (κ2) is 7.96. The van der Waals surface area contributed by atoms with E-state index in [2.05, 4.69) is 71.2 Å². The second-order valence-electron chi connectivity index (χ2n) is 7.96. The summed E-state index contributed by atoms with van der Waals surface area (Å²) in [4.78, 5) is 13.4. The Labute approximate surface area is 161 Å². The van der Waals surface area contributed by atoms with Gasteiger partial charge < -0.3 is 9.80 Å². The summed E-state index contributed by atoms with van der Waals surface area (Å²) in [5.41, 5.74) is 5.65. The number of piperazine rings is 1. The number of benzene rings is 1. The quantitative estimate of drug-likeness (QED) is 0.483. The number of aryl methyl sites for hydroxylation is 1. The lowest BCUT2D eigenvalue weighted by atomic mass is 9.87. The molecule has 1 saturated heterocycles. The molecule has 6 heteroatoms. The van der Waals surface area contributed by atoms with Crippen LogP contribution in [0.4, 0.5) is 11.5 Å². The standard InChI is InChI=1S/C21H29N5O/c1-16-6-5-11-22-19(16)25-12-14-26(15-13-25)20(24-27)23-18-9-7-17(8-10-18)21(2,3)4/h5-11,27H,12-15H2,1-4H3,(H,23,24). The first kappa shape index (κ1) is 19.2. The number of rotatable bonds is 2. The molecule has 2 N–H and O–H groups in total. The number of hydrogen-bond donors (Lipinski definition) is 2. The highest BCUT2D eigenvalue weighted by Gasteiger charge is 2.21. The fourth-order valence-electron chi connectivity index (χ4n) is 3.26. The molecule has 1 aliphatic heterocycles. The van der Waals surface area contributed by atoms with Crippen LogP contribution in [0.5, 0.6) is 0 Å². The van der Waals surface area contributed by atoms with Crippen molar-refractivity contribution in [2.45, 2.75) is 33.1 Å². The molecule has 6 nitrogen and oxygen atoms in total. The number of guanidine groups is 1. The summed E-state index contributed by atoms with van der Waals surface area (Å²) in [5, 5.41) is 9.60. The van der Waals surface area contributed by atoms with Crippen LogP contribution in [0.3, 0.4) is 0 Å². The summed E-state index contributed by atoms with van der Waals surface area (Å²) in [7, 11) is 0. The van der Waals surface area contributed by atoms with E-state index in [1.807, 2.05) is 24.4 Å². The molecular formula is C21H29N5O. The van der Waals surface area contributed by atoms with Gasteiger partial charge in [0.25, 0.3) is 0 Å². The number of aromatic nitrogens is 1. The average molecular weight is 367 g/mol. The lowest BCUT2D eigenvalue weighted by molar-refractivity contribution is 0.207. The number of hydrogen-bond acceptors (Lipinski definition) is 4. The molecule has 0 aliphatic carbocycles. The molecule has 144 valence electrons. The van der Waals surface area contributed by atoms with Crippen LogP contribution in [0.2, 0.25) is 0 Å². The summed E-state index contributed by atoms with van der Waals surface area (Å²) in [5.74, 6) is 1.52. The first-order chi connectivity index (χ1) is 12.9. The van der Waals surface area contributed by atoms with Crippen molar-refractivity contribution < 1.29 is 5.21 Å². The zero-order chi connectivity index (χ0) is 19.4. The van der Waals surface area contributed by atoms with Crippen molar-refractivity contribution in [2.75, 3.05) is 31.1 Å². The molecule has 27 heavy (non-hydrogen) atoms. The van der Waals surface area contributed by atoms with Gasteiger partial charge in [0.1, 0.15) is 5.82 Å². The topological polar surface area (TPSA) is 64.0 Å². The number of hydroxylamine groups is 1. The van der Waals surface area contributed by atoms with E-state index in [1.165, 1.54) is 11.1 Å². The number of anilines is 1. The van der Waals surface area contributed by atoms with Gasteiger partial charge >= 0.3 is 0 Å². The van der Waals surface area contributed by atoms with Gasteiger partial charge in [-0.05, 0) is 41.7 Å². The average Bonchev–Trinajstić information content (AvgIpc) is 2.66.